The third kappa shape index (κ3) is 3.33. The van der Waals surface area contributed by atoms with Crippen molar-refractivity contribution < 1.29 is 0 Å². The van der Waals surface area contributed by atoms with Crippen molar-refractivity contribution in [1.29, 1.82) is 0 Å². The number of hydrogen-bond donors (Lipinski definition) is 2. The quantitative estimate of drug-likeness (QED) is 0.719. The van der Waals surface area contributed by atoms with Crippen LogP contribution in [-0.2, 0) is 6.54 Å². The van der Waals surface area contributed by atoms with E-state index in [-0.39, 0.29) is 18.1 Å². The molecule has 0 radical (unpaired) electrons. The number of aromatic amines is 1. The first-order valence-electron chi connectivity index (χ1n) is 7.41. The highest BCUT2D eigenvalue weighted by molar-refractivity contribution is 5.82. The SMILES string of the molecule is Nc1[nH]c(=O)n(Cc2ccccc2)c(=O)c1N=Cc1ccccc1. The maximum atomic E-state index is 12.6. The molecule has 0 fully saturated rings. The van der Waals surface area contributed by atoms with E-state index in [9.17, 15) is 9.59 Å². The van der Waals surface area contributed by atoms with Gasteiger partial charge in [0.15, 0.2) is 5.69 Å². The van der Waals surface area contributed by atoms with Crippen molar-refractivity contribution in [2.75, 3.05) is 5.73 Å². The van der Waals surface area contributed by atoms with Gasteiger partial charge in [-0.1, -0.05) is 60.7 Å². The fourth-order valence-electron chi connectivity index (χ4n) is 2.29. The van der Waals surface area contributed by atoms with Gasteiger partial charge in [-0.3, -0.25) is 14.3 Å². The summed E-state index contributed by atoms with van der Waals surface area (Å²) < 4.78 is 1.09. The number of nitrogens with two attached hydrogens (primary N) is 1. The van der Waals surface area contributed by atoms with Crippen LogP contribution in [0.15, 0.2) is 75.2 Å². The molecular formula is C18H16N4O2. The topological polar surface area (TPSA) is 93.2 Å². The number of nitrogen functional groups attached to an aromatic ring is 1. The zero-order chi connectivity index (χ0) is 16.9. The first-order valence-corrected chi connectivity index (χ1v) is 7.41. The molecular weight excluding hydrogens is 304 g/mol. The lowest BCUT2D eigenvalue weighted by molar-refractivity contribution is 0.703. The Hall–Kier alpha value is -3.41. The molecule has 6 heteroatoms. The molecule has 6 nitrogen and oxygen atoms in total. The summed E-state index contributed by atoms with van der Waals surface area (Å²) in [6.45, 7) is 0.156. The largest absolute Gasteiger partial charge is 0.383 e. The van der Waals surface area contributed by atoms with Crippen molar-refractivity contribution in [2.45, 2.75) is 6.54 Å². The third-order valence-electron chi connectivity index (χ3n) is 3.52. The van der Waals surface area contributed by atoms with Crippen molar-refractivity contribution in [2.24, 2.45) is 4.99 Å². The van der Waals surface area contributed by atoms with E-state index < -0.39 is 11.2 Å². The number of anilines is 1. The van der Waals surface area contributed by atoms with Crippen molar-refractivity contribution >= 4 is 17.7 Å². The summed E-state index contributed by atoms with van der Waals surface area (Å²) in [4.78, 5) is 31.3. The number of nitrogens with one attached hydrogen (secondary N) is 1. The summed E-state index contributed by atoms with van der Waals surface area (Å²) in [6, 6.07) is 18.6. The van der Waals surface area contributed by atoms with Gasteiger partial charge in [-0.05, 0) is 11.1 Å². The fourth-order valence-corrected chi connectivity index (χ4v) is 2.29. The molecule has 0 unspecified atom stereocenters. The van der Waals surface area contributed by atoms with Gasteiger partial charge in [-0.2, -0.15) is 0 Å². The minimum Gasteiger partial charge on any atom is -0.383 e. The van der Waals surface area contributed by atoms with Gasteiger partial charge in [0.25, 0.3) is 5.56 Å². The fraction of sp³-hybridized carbons (Fsp3) is 0.0556. The van der Waals surface area contributed by atoms with Gasteiger partial charge in [0.1, 0.15) is 5.82 Å². The minimum atomic E-state index is -0.556. The summed E-state index contributed by atoms with van der Waals surface area (Å²) in [5.41, 5.74) is 6.38. The molecule has 3 rings (SSSR count). The monoisotopic (exact) mass is 320 g/mol. The molecule has 0 aliphatic rings. The number of benzene rings is 2. The van der Waals surface area contributed by atoms with Gasteiger partial charge in [-0.15, -0.1) is 0 Å². The van der Waals surface area contributed by atoms with Crippen LogP contribution in [0.3, 0.4) is 0 Å². The maximum Gasteiger partial charge on any atom is 0.330 e. The van der Waals surface area contributed by atoms with Gasteiger partial charge in [-0.25, -0.2) is 9.79 Å². The molecule has 1 aromatic heterocycles. The predicted molar refractivity (Wildman–Crippen MR) is 95.0 cm³/mol. The van der Waals surface area contributed by atoms with E-state index >= 15 is 0 Å². The van der Waals surface area contributed by atoms with Gasteiger partial charge in [0, 0.05) is 6.21 Å². The second kappa shape index (κ2) is 6.78. The average molecular weight is 320 g/mol. The molecule has 0 atom stereocenters. The molecule has 0 amide bonds. The van der Waals surface area contributed by atoms with E-state index in [4.69, 9.17) is 5.73 Å². The zero-order valence-electron chi connectivity index (χ0n) is 12.8. The van der Waals surface area contributed by atoms with Crippen LogP contribution in [0.2, 0.25) is 0 Å². The van der Waals surface area contributed by atoms with Crippen LogP contribution in [0.1, 0.15) is 11.1 Å². The van der Waals surface area contributed by atoms with E-state index in [2.05, 4.69) is 9.98 Å². The van der Waals surface area contributed by atoms with Crippen LogP contribution >= 0.6 is 0 Å². The van der Waals surface area contributed by atoms with E-state index in [1.165, 1.54) is 6.21 Å². The zero-order valence-corrected chi connectivity index (χ0v) is 12.8. The number of aromatic nitrogens is 2. The van der Waals surface area contributed by atoms with E-state index in [1.807, 2.05) is 60.7 Å². The molecule has 0 aliphatic heterocycles. The molecule has 3 N–H and O–H groups in total. The van der Waals surface area contributed by atoms with Crippen LogP contribution in [0.5, 0.6) is 0 Å². The Bertz CT molecular complexity index is 973. The highest BCUT2D eigenvalue weighted by atomic mass is 16.2. The number of hydrogen-bond acceptors (Lipinski definition) is 4. The highest BCUT2D eigenvalue weighted by Crippen LogP contribution is 2.12. The molecule has 0 spiro atoms. The predicted octanol–water partition coefficient (Wildman–Crippen LogP) is 1.92. The van der Waals surface area contributed by atoms with Crippen molar-refractivity contribution in [3.63, 3.8) is 0 Å². The first kappa shape index (κ1) is 15.5. The number of aliphatic imine (C=N–C) groups is 1. The van der Waals surface area contributed by atoms with Gasteiger partial charge < -0.3 is 5.73 Å². The van der Waals surface area contributed by atoms with E-state index in [0.717, 1.165) is 15.7 Å². The molecule has 0 bridgehead atoms. The lowest BCUT2D eigenvalue weighted by Gasteiger charge is -2.07. The van der Waals surface area contributed by atoms with Crippen LogP contribution in [0.4, 0.5) is 11.5 Å². The second-order valence-electron chi connectivity index (χ2n) is 5.24. The summed E-state index contributed by atoms with van der Waals surface area (Å²) >= 11 is 0. The summed E-state index contributed by atoms with van der Waals surface area (Å²) in [5, 5.41) is 0. The number of H-pyrrole nitrogens is 1. The normalized spacial score (nSPS) is 11.0. The Kier molecular flexibility index (Phi) is 4.38. The second-order valence-corrected chi connectivity index (χ2v) is 5.24. The Morgan fingerprint density at radius 2 is 1.62 bits per heavy atom. The summed E-state index contributed by atoms with van der Waals surface area (Å²) in [5.74, 6) is -0.0403. The van der Waals surface area contributed by atoms with Crippen LogP contribution in [-0.4, -0.2) is 15.8 Å². The molecule has 0 aliphatic carbocycles. The smallest absolute Gasteiger partial charge is 0.330 e. The minimum absolute atomic E-state index is 0.0226. The lowest BCUT2D eigenvalue weighted by atomic mass is 10.2. The van der Waals surface area contributed by atoms with Crippen molar-refractivity contribution in [1.82, 2.24) is 9.55 Å². The maximum absolute atomic E-state index is 12.6. The number of nitrogens with zero attached hydrogens (tertiary/aromatic N) is 2. The van der Waals surface area contributed by atoms with Gasteiger partial charge in [0.05, 0.1) is 6.54 Å². The van der Waals surface area contributed by atoms with E-state index in [1.54, 1.807) is 0 Å². The molecule has 3 aromatic rings. The molecule has 120 valence electrons. The van der Waals surface area contributed by atoms with E-state index in [0.29, 0.717) is 0 Å². The number of rotatable bonds is 4. The highest BCUT2D eigenvalue weighted by Gasteiger charge is 2.11. The Labute approximate surface area is 137 Å². The Morgan fingerprint density at radius 3 is 2.29 bits per heavy atom. The van der Waals surface area contributed by atoms with Crippen LogP contribution in [0.25, 0.3) is 0 Å². The Balaban J connectivity index is 2.02. The summed E-state index contributed by atoms with van der Waals surface area (Å²) in [7, 11) is 0. The first-order chi connectivity index (χ1) is 11.6. The van der Waals surface area contributed by atoms with Crippen LogP contribution < -0.4 is 17.0 Å². The standard InChI is InChI=1S/C18H16N4O2/c19-16-15(20-11-13-7-3-1-4-8-13)17(23)22(18(24)21-16)12-14-9-5-2-6-10-14/h1-11H,12,19H2,(H,21,24). The van der Waals surface area contributed by atoms with Gasteiger partial charge in [0.2, 0.25) is 0 Å². The molecule has 24 heavy (non-hydrogen) atoms. The average Bonchev–Trinajstić information content (AvgIpc) is 2.60. The Morgan fingerprint density at radius 1 is 1.00 bits per heavy atom. The molecule has 0 saturated heterocycles. The summed E-state index contributed by atoms with van der Waals surface area (Å²) in [6.07, 6.45) is 1.54. The third-order valence-corrected chi connectivity index (χ3v) is 3.52. The van der Waals surface area contributed by atoms with Gasteiger partial charge >= 0.3 is 5.69 Å². The molecule has 2 aromatic carbocycles. The lowest BCUT2D eigenvalue weighted by Crippen LogP contribution is -2.36. The van der Waals surface area contributed by atoms with Crippen molar-refractivity contribution in [3.05, 3.63) is 92.6 Å². The van der Waals surface area contributed by atoms with Crippen molar-refractivity contribution in [3.8, 4) is 0 Å². The van der Waals surface area contributed by atoms with Crippen LogP contribution in [0, 0.1) is 0 Å². The molecule has 1 heterocycles. The molecule has 0 saturated carbocycles.